The lowest BCUT2D eigenvalue weighted by Gasteiger charge is -2.24. The summed E-state index contributed by atoms with van der Waals surface area (Å²) in [5.74, 6) is 0.977. The quantitative estimate of drug-likeness (QED) is 0.202. The van der Waals surface area contributed by atoms with Crippen molar-refractivity contribution in [1.29, 1.82) is 0 Å². The molecule has 102 valence electrons. The molecule has 0 spiro atoms. The Morgan fingerprint density at radius 3 is 2.41 bits per heavy atom. The zero-order chi connectivity index (χ0) is 13.5. The van der Waals surface area contributed by atoms with E-state index in [1.54, 1.807) is 0 Å². The van der Waals surface area contributed by atoms with Crippen molar-refractivity contribution in [2.45, 2.75) is 59.9 Å². The first-order valence-electron chi connectivity index (χ1n) is 6.56. The molecule has 4 nitrogen and oxygen atoms in total. The summed E-state index contributed by atoms with van der Waals surface area (Å²) in [6.45, 7) is 11.7. The van der Waals surface area contributed by atoms with Crippen LogP contribution < -0.4 is 11.1 Å². The minimum atomic E-state index is -0.226. The summed E-state index contributed by atoms with van der Waals surface area (Å²) < 4.78 is 0. The molecule has 1 unspecified atom stereocenters. The fourth-order valence-corrected chi connectivity index (χ4v) is 1.93. The normalized spacial score (nSPS) is 15.3. The van der Waals surface area contributed by atoms with Gasteiger partial charge in [-0.1, -0.05) is 39.8 Å². The first-order chi connectivity index (χ1) is 7.85. The molecule has 4 heteroatoms. The van der Waals surface area contributed by atoms with Crippen LogP contribution in [0.4, 0.5) is 0 Å². The summed E-state index contributed by atoms with van der Waals surface area (Å²) in [7, 11) is 0. The van der Waals surface area contributed by atoms with E-state index >= 15 is 0 Å². The molecule has 0 saturated heterocycles. The fraction of sp³-hybridized carbons (Fsp3) is 0.923. The Morgan fingerprint density at radius 2 is 2.00 bits per heavy atom. The first kappa shape index (κ1) is 16.2. The van der Waals surface area contributed by atoms with Crippen LogP contribution >= 0.6 is 0 Å². The molecule has 0 fully saturated rings. The molecule has 0 amide bonds. The molecule has 1 atom stereocenters. The molecule has 0 aromatic carbocycles. The third-order valence-corrected chi connectivity index (χ3v) is 3.43. The second-order valence-corrected chi connectivity index (χ2v) is 5.69. The molecular formula is C13H29N3O. The molecule has 17 heavy (non-hydrogen) atoms. The van der Waals surface area contributed by atoms with E-state index in [4.69, 9.17) is 10.9 Å². The van der Waals surface area contributed by atoms with Gasteiger partial charge in [0.25, 0.3) is 0 Å². The predicted octanol–water partition coefficient (Wildman–Crippen LogP) is 2.56. The molecule has 0 radical (unpaired) electrons. The van der Waals surface area contributed by atoms with E-state index in [9.17, 15) is 0 Å². The zero-order valence-corrected chi connectivity index (χ0v) is 12.0. The van der Waals surface area contributed by atoms with Crippen molar-refractivity contribution in [1.82, 2.24) is 5.32 Å². The van der Waals surface area contributed by atoms with Crippen LogP contribution in [0.1, 0.15) is 53.9 Å². The van der Waals surface area contributed by atoms with Crippen molar-refractivity contribution >= 4 is 5.84 Å². The topological polar surface area (TPSA) is 70.6 Å². The highest BCUT2D eigenvalue weighted by molar-refractivity contribution is 5.85. The van der Waals surface area contributed by atoms with Crippen molar-refractivity contribution in [2.24, 2.45) is 22.2 Å². The summed E-state index contributed by atoms with van der Waals surface area (Å²) in [4.78, 5) is 0. The van der Waals surface area contributed by atoms with Gasteiger partial charge in [0.15, 0.2) is 0 Å². The molecule has 0 aliphatic rings. The maximum absolute atomic E-state index is 8.67. The highest BCUT2D eigenvalue weighted by atomic mass is 16.4. The molecular weight excluding hydrogens is 214 g/mol. The van der Waals surface area contributed by atoms with Gasteiger partial charge in [0.2, 0.25) is 0 Å². The van der Waals surface area contributed by atoms with Crippen LogP contribution in [0.3, 0.4) is 0 Å². The SMILES string of the molecule is CCC(NCCCC(C)(C)C(N)=NO)C(C)C. The number of amidine groups is 1. The maximum Gasteiger partial charge on any atom is 0.144 e. The van der Waals surface area contributed by atoms with E-state index in [1.165, 1.54) is 0 Å². The van der Waals surface area contributed by atoms with Gasteiger partial charge in [0.1, 0.15) is 5.84 Å². The summed E-state index contributed by atoms with van der Waals surface area (Å²) in [6, 6.07) is 0.585. The van der Waals surface area contributed by atoms with Crippen molar-refractivity contribution < 1.29 is 5.21 Å². The van der Waals surface area contributed by atoms with Crippen LogP contribution in [0.25, 0.3) is 0 Å². The van der Waals surface area contributed by atoms with Gasteiger partial charge >= 0.3 is 0 Å². The van der Waals surface area contributed by atoms with Crippen LogP contribution in [0.5, 0.6) is 0 Å². The van der Waals surface area contributed by atoms with Crippen molar-refractivity contribution in [2.75, 3.05) is 6.54 Å². The molecule has 0 aromatic rings. The molecule has 0 rings (SSSR count). The van der Waals surface area contributed by atoms with Crippen LogP contribution in [0, 0.1) is 11.3 Å². The van der Waals surface area contributed by atoms with Gasteiger partial charge in [-0.3, -0.25) is 0 Å². The lowest BCUT2D eigenvalue weighted by molar-refractivity contribution is 0.303. The number of nitrogens with zero attached hydrogens (tertiary/aromatic N) is 1. The van der Waals surface area contributed by atoms with Gasteiger partial charge in [-0.25, -0.2) is 0 Å². The first-order valence-corrected chi connectivity index (χ1v) is 6.56. The highest BCUT2D eigenvalue weighted by Crippen LogP contribution is 2.22. The van der Waals surface area contributed by atoms with Crippen molar-refractivity contribution in [3.63, 3.8) is 0 Å². The van der Waals surface area contributed by atoms with Crippen LogP contribution in [-0.4, -0.2) is 23.6 Å². The van der Waals surface area contributed by atoms with Gasteiger partial charge < -0.3 is 16.3 Å². The van der Waals surface area contributed by atoms with E-state index in [0.717, 1.165) is 25.8 Å². The Kier molecular flexibility index (Phi) is 7.19. The van der Waals surface area contributed by atoms with Gasteiger partial charge in [-0.05, 0) is 31.7 Å². The Hall–Kier alpha value is -0.770. The van der Waals surface area contributed by atoms with Crippen LogP contribution in [-0.2, 0) is 0 Å². The average Bonchev–Trinajstić information content (AvgIpc) is 2.27. The average molecular weight is 243 g/mol. The second kappa shape index (κ2) is 7.54. The summed E-state index contributed by atoms with van der Waals surface area (Å²) in [5.41, 5.74) is 5.42. The zero-order valence-electron chi connectivity index (χ0n) is 12.0. The Bertz CT molecular complexity index is 237. The molecule has 0 bridgehead atoms. The largest absolute Gasteiger partial charge is 0.409 e. The molecule has 0 aliphatic carbocycles. The fourth-order valence-electron chi connectivity index (χ4n) is 1.93. The van der Waals surface area contributed by atoms with Gasteiger partial charge in [-0.2, -0.15) is 0 Å². The lowest BCUT2D eigenvalue weighted by atomic mass is 9.86. The number of nitrogens with two attached hydrogens (primary N) is 1. The third-order valence-electron chi connectivity index (χ3n) is 3.43. The van der Waals surface area contributed by atoms with E-state index in [1.807, 2.05) is 13.8 Å². The number of oxime groups is 1. The number of hydrogen-bond acceptors (Lipinski definition) is 3. The van der Waals surface area contributed by atoms with Gasteiger partial charge in [0.05, 0.1) is 0 Å². The monoisotopic (exact) mass is 243 g/mol. The van der Waals surface area contributed by atoms with E-state index in [2.05, 4.69) is 31.2 Å². The Labute approximate surface area is 106 Å². The van der Waals surface area contributed by atoms with Crippen LogP contribution in [0.2, 0.25) is 0 Å². The van der Waals surface area contributed by atoms with Crippen molar-refractivity contribution in [3.8, 4) is 0 Å². The molecule has 0 aromatic heterocycles. The summed E-state index contributed by atoms with van der Waals surface area (Å²) in [5, 5.41) is 15.3. The van der Waals surface area contributed by atoms with E-state index in [-0.39, 0.29) is 5.41 Å². The van der Waals surface area contributed by atoms with Crippen molar-refractivity contribution in [3.05, 3.63) is 0 Å². The molecule has 4 N–H and O–H groups in total. The standard InChI is InChI=1S/C13H29N3O/c1-6-11(10(2)3)15-9-7-8-13(4,5)12(14)16-17/h10-11,15,17H,6-9H2,1-5H3,(H2,14,16). The lowest BCUT2D eigenvalue weighted by Crippen LogP contribution is -2.36. The van der Waals surface area contributed by atoms with Gasteiger partial charge in [-0.15, -0.1) is 0 Å². The number of hydrogen-bond donors (Lipinski definition) is 3. The minimum absolute atomic E-state index is 0.226. The second-order valence-electron chi connectivity index (χ2n) is 5.69. The smallest absolute Gasteiger partial charge is 0.144 e. The Balaban J connectivity index is 3.92. The molecule has 0 heterocycles. The molecule has 0 aliphatic heterocycles. The van der Waals surface area contributed by atoms with Gasteiger partial charge in [0, 0.05) is 11.5 Å². The predicted molar refractivity (Wildman–Crippen MR) is 73.3 cm³/mol. The highest BCUT2D eigenvalue weighted by Gasteiger charge is 2.23. The Morgan fingerprint density at radius 1 is 1.41 bits per heavy atom. The summed E-state index contributed by atoms with van der Waals surface area (Å²) >= 11 is 0. The van der Waals surface area contributed by atoms with E-state index < -0.39 is 0 Å². The minimum Gasteiger partial charge on any atom is -0.409 e. The third kappa shape index (κ3) is 5.91. The number of nitrogens with one attached hydrogen (secondary N) is 1. The summed E-state index contributed by atoms with van der Waals surface area (Å²) in [6.07, 6.45) is 3.11. The molecule has 0 saturated carbocycles. The number of rotatable bonds is 8. The van der Waals surface area contributed by atoms with E-state index in [0.29, 0.717) is 17.8 Å². The van der Waals surface area contributed by atoms with Crippen LogP contribution in [0.15, 0.2) is 5.16 Å². The maximum atomic E-state index is 8.67.